The van der Waals surface area contributed by atoms with E-state index in [9.17, 15) is 8.42 Å². The van der Waals surface area contributed by atoms with Gasteiger partial charge in [0, 0.05) is 43.4 Å². The second kappa shape index (κ2) is 12.1. The van der Waals surface area contributed by atoms with Crippen molar-refractivity contribution in [3.05, 3.63) is 30.3 Å². The van der Waals surface area contributed by atoms with E-state index < -0.39 is 10.0 Å². The van der Waals surface area contributed by atoms with Gasteiger partial charge in [-0.05, 0) is 30.9 Å². The molecule has 9 heteroatoms. The summed E-state index contributed by atoms with van der Waals surface area (Å²) in [5, 5.41) is 7.17. The Kier molecular flexibility index (Phi) is 11.0. The number of sulfonamides is 1. The lowest BCUT2D eigenvalue weighted by molar-refractivity contribution is 0.275. The number of thioether (sulfide) groups is 1. The van der Waals surface area contributed by atoms with Crippen molar-refractivity contribution in [3.63, 3.8) is 0 Å². The molecular formula is C18H31IN4O2S2. The van der Waals surface area contributed by atoms with Crippen LogP contribution in [0.2, 0.25) is 0 Å². The molecule has 0 radical (unpaired) electrons. The van der Waals surface area contributed by atoms with Crippen LogP contribution < -0.4 is 10.6 Å². The van der Waals surface area contributed by atoms with Gasteiger partial charge in [-0.2, -0.15) is 0 Å². The molecule has 1 aromatic carbocycles. The third kappa shape index (κ3) is 9.01. The van der Waals surface area contributed by atoms with Crippen LogP contribution in [0.4, 0.5) is 0 Å². The zero-order chi connectivity index (χ0) is 19.0. The number of nitrogens with zero attached hydrogens (tertiary/aromatic N) is 2. The van der Waals surface area contributed by atoms with Gasteiger partial charge in [0.1, 0.15) is 0 Å². The number of guanidine groups is 1. The Morgan fingerprint density at radius 1 is 1.26 bits per heavy atom. The number of hydrogen-bond acceptors (Lipinski definition) is 4. The molecule has 0 amide bonds. The van der Waals surface area contributed by atoms with Crippen molar-refractivity contribution < 1.29 is 8.42 Å². The Morgan fingerprint density at radius 3 is 2.44 bits per heavy atom. The second-order valence-corrected chi connectivity index (χ2v) is 10.2. The van der Waals surface area contributed by atoms with Crippen molar-refractivity contribution >= 4 is 51.7 Å². The lowest BCUT2D eigenvalue weighted by Crippen LogP contribution is -2.44. The Labute approximate surface area is 185 Å². The zero-order valence-electron chi connectivity index (χ0n) is 16.2. The van der Waals surface area contributed by atoms with Crippen LogP contribution in [0.25, 0.3) is 0 Å². The first-order valence-corrected chi connectivity index (χ1v) is 11.7. The fourth-order valence-electron chi connectivity index (χ4n) is 2.92. The molecule has 6 nitrogen and oxygen atoms in total. The summed E-state index contributed by atoms with van der Waals surface area (Å²) in [7, 11) is -1.28. The summed E-state index contributed by atoms with van der Waals surface area (Å²) in [5.74, 6) is 1.28. The average molecular weight is 527 g/mol. The van der Waals surface area contributed by atoms with Gasteiger partial charge in [0.15, 0.2) is 5.96 Å². The van der Waals surface area contributed by atoms with Crippen molar-refractivity contribution in [1.29, 1.82) is 0 Å². The molecule has 1 aromatic rings. The molecule has 154 valence electrons. The summed E-state index contributed by atoms with van der Waals surface area (Å²) >= 11 is 1.84. The predicted octanol–water partition coefficient (Wildman–Crippen LogP) is 2.62. The molecule has 1 atom stereocenters. The van der Waals surface area contributed by atoms with Gasteiger partial charge in [-0.25, -0.2) is 12.7 Å². The zero-order valence-corrected chi connectivity index (χ0v) is 20.2. The summed E-state index contributed by atoms with van der Waals surface area (Å²) in [6, 6.07) is 10.4. The average Bonchev–Trinajstić information content (AvgIpc) is 2.62. The highest BCUT2D eigenvalue weighted by Crippen LogP contribution is 2.22. The summed E-state index contributed by atoms with van der Waals surface area (Å²) in [5.41, 5.74) is 0. The van der Waals surface area contributed by atoms with E-state index in [2.05, 4.69) is 46.8 Å². The molecule has 0 aromatic heterocycles. The number of rotatable bonds is 7. The molecular weight excluding hydrogens is 495 g/mol. The van der Waals surface area contributed by atoms with Crippen LogP contribution in [0, 0.1) is 5.92 Å². The molecule has 1 fully saturated rings. The van der Waals surface area contributed by atoms with Gasteiger partial charge in [0.05, 0.1) is 6.26 Å². The van der Waals surface area contributed by atoms with Gasteiger partial charge in [-0.1, -0.05) is 25.1 Å². The number of aliphatic imine (C=N–C) groups is 1. The van der Waals surface area contributed by atoms with Gasteiger partial charge >= 0.3 is 0 Å². The van der Waals surface area contributed by atoms with Gasteiger partial charge < -0.3 is 10.6 Å². The molecule has 0 spiro atoms. The fourth-order valence-corrected chi connectivity index (χ4v) is 4.74. The van der Waals surface area contributed by atoms with E-state index in [-0.39, 0.29) is 24.0 Å². The van der Waals surface area contributed by atoms with Gasteiger partial charge in [0.25, 0.3) is 0 Å². The minimum absolute atomic E-state index is 0. The second-order valence-electron chi connectivity index (χ2n) is 6.68. The van der Waals surface area contributed by atoms with Crippen molar-refractivity contribution in [2.45, 2.75) is 29.9 Å². The van der Waals surface area contributed by atoms with Gasteiger partial charge in [-0.3, -0.25) is 4.99 Å². The quantitative estimate of drug-likeness (QED) is 0.248. The van der Waals surface area contributed by atoms with Crippen molar-refractivity contribution in [2.24, 2.45) is 10.9 Å². The molecule has 2 rings (SSSR count). The SMILES string of the molecule is CN=C(NCC1CCN(S(C)(=O)=O)CC1)NCC(C)Sc1ccccc1.I. The minimum Gasteiger partial charge on any atom is -0.356 e. The summed E-state index contributed by atoms with van der Waals surface area (Å²) in [6.45, 7) is 5.06. The summed E-state index contributed by atoms with van der Waals surface area (Å²) < 4.78 is 24.7. The van der Waals surface area contributed by atoms with Gasteiger partial charge in [-0.15, -0.1) is 35.7 Å². The molecule has 27 heavy (non-hydrogen) atoms. The largest absolute Gasteiger partial charge is 0.356 e. The Bertz CT molecular complexity index is 678. The van der Waals surface area contributed by atoms with E-state index in [1.54, 1.807) is 11.4 Å². The first kappa shape index (κ1) is 24.5. The highest BCUT2D eigenvalue weighted by atomic mass is 127. The third-order valence-electron chi connectivity index (χ3n) is 4.46. The fraction of sp³-hybridized carbons (Fsp3) is 0.611. The van der Waals surface area contributed by atoms with Crippen LogP contribution in [-0.2, 0) is 10.0 Å². The number of hydrogen-bond donors (Lipinski definition) is 2. The van der Waals surface area contributed by atoms with Crippen LogP contribution in [0.5, 0.6) is 0 Å². The topological polar surface area (TPSA) is 73.8 Å². The van der Waals surface area contributed by atoms with Crippen LogP contribution in [0.3, 0.4) is 0 Å². The maximum Gasteiger partial charge on any atom is 0.211 e. The van der Waals surface area contributed by atoms with Crippen molar-refractivity contribution in [1.82, 2.24) is 14.9 Å². The Hall–Kier alpha value is -0.520. The van der Waals surface area contributed by atoms with Crippen molar-refractivity contribution in [2.75, 3.05) is 39.5 Å². The first-order valence-electron chi connectivity index (χ1n) is 9.00. The summed E-state index contributed by atoms with van der Waals surface area (Å²) in [6.07, 6.45) is 3.06. The normalized spacial score (nSPS) is 17.8. The number of benzene rings is 1. The van der Waals surface area contributed by atoms with Crippen LogP contribution in [0.1, 0.15) is 19.8 Å². The maximum atomic E-state index is 11.6. The molecule has 0 bridgehead atoms. The molecule has 1 saturated heterocycles. The lowest BCUT2D eigenvalue weighted by Gasteiger charge is -2.30. The number of halogens is 1. The number of nitrogens with one attached hydrogen (secondary N) is 2. The van der Waals surface area contributed by atoms with E-state index in [0.29, 0.717) is 24.3 Å². The molecule has 0 aliphatic carbocycles. The highest BCUT2D eigenvalue weighted by Gasteiger charge is 2.24. The molecule has 0 saturated carbocycles. The van der Waals surface area contributed by atoms with Crippen LogP contribution >= 0.6 is 35.7 Å². The molecule has 1 aliphatic heterocycles. The maximum absolute atomic E-state index is 11.6. The molecule has 1 heterocycles. The van der Waals surface area contributed by atoms with E-state index in [1.165, 1.54) is 11.2 Å². The molecule has 1 unspecified atom stereocenters. The summed E-state index contributed by atoms with van der Waals surface area (Å²) in [4.78, 5) is 5.55. The van der Waals surface area contributed by atoms with Crippen LogP contribution in [-0.4, -0.2) is 63.4 Å². The predicted molar refractivity (Wildman–Crippen MR) is 126 cm³/mol. The molecule has 2 N–H and O–H groups in total. The van der Waals surface area contributed by atoms with Crippen molar-refractivity contribution in [3.8, 4) is 0 Å². The van der Waals surface area contributed by atoms with E-state index >= 15 is 0 Å². The highest BCUT2D eigenvalue weighted by molar-refractivity contribution is 14.0. The monoisotopic (exact) mass is 526 g/mol. The van der Waals surface area contributed by atoms with Gasteiger partial charge in [0.2, 0.25) is 10.0 Å². The number of piperidine rings is 1. The Balaban J connectivity index is 0.00000364. The van der Waals surface area contributed by atoms with E-state index in [0.717, 1.165) is 31.9 Å². The Morgan fingerprint density at radius 2 is 1.89 bits per heavy atom. The molecule has 1 aliphatic rings. The van der Waals surface area contributed by atoms with E-state index in [1.807, 2.05) is 17.8 Å². The van der Waals surface area contributed by atoms with Crippen LogP contribution in [0.15, 0.2) is 40.2 Å². The smallest absolute Gasteiger partial charge is 0.211 e. The minimum atomic E-state index is -3.05. The standard InChI is InChI=1S/C18H30N4O2S2.HI/c1-15(25-17-7-5-4-6-8-17)13-20-18(19-2)21-14-16-9-11-22(12-10-16)26(3,23)24;/h4-8,15-16H,9-14H2,1-3H3,(H2,19,20,21);1H. The first-order chi connectivity index (χ1) is 12.4. The third-order valence-corrected chi connectivity index (χ3v) is 6.88. The van der Waals surface area contributed by atoms with E-state index in [4.69, 9.17) is 0 Å². The lowest BCUT2D eigenvalue weighted by atomic mass is 9.98.